The number of carbonyl (C=O) groups is 1. The second-order valence-corrected chi connectivity index (χ2v) is 12.5. The van der Waals surface area contributed by atoms with Crippen LogP contribution in [0.25, 0.3) is 10.2 Å². The van der Waals surface area contributed by atoms with Crippen molar-refractivity contribution in [2.75, 3.05) is 39.3 Å². The molecule has 2 aliphatic rings. The molecular weight excluding hydrogens is 464 g/mol. The zero-order valence-electron chi connectivity index (χ0n) is 17.7. The van der Waals surface area contributed by atoms with Gasteiger partial charge < -0.3 is 4.90 Å². The number of piperazine rings is 1. The number of sulfonamides is 1. The molecule has 0 aliphatic carbocycles. The van der Waals surface area contributed by atoms with E-state index in [-0.39, 0.29) is 18.4 Å². The summed E-state index contributed by atoms with van der Waals surface area (Å²) >= 11 is 2.96. The summed E-state index contributed by atoms with van der Waals surface area (Å²) < 4.78 is 28.8. The van der Waals surface area contributed by atoms with E-state index < -0.39 is 10.0 Å². The van der Waals surface area contributed by atoms with Gasteiger partial charge in [0.25, 0.3) is 10.0 Å². The summed E-state index contributed by atoms with van der Waals surface area (Å²) in [6, 6.07) is 11.6. The minimum Gasteiger partial charge on any atom is -0.340 e. The molecule has 2 aromatic heterocycles. The van der Waals surface area contributed by atoms with Crippen LogP contribution in [0.1, 0.15) is 17.8 Å². The molecule has 7 nitrogen and oxygen atoms in total. The van der Waals surface area contributed by atoms with Crippen LogP contribution in [0, 0.1) is 5.92 Å². The molecule has 170 valence electrons. The molecular formula is C22H26N4O3S3. The molecule has 1 atom stereocenters. The van der Waals surface area contributed by atoms with Gasteiger partial charge in [-0.15, -0.1) is 22.7 Å². The van der Waals surface area contributed by atoms with Gasteiger partial charge in [0, 0.05) is 39.3 Å². The Bertz CT molecular complexity index is 1150. The van der Waals surface area contributed by atoms with Crippen LogP contribution in [0.2, 0.25) is 0 Å². The first-order valence-electron chi connectivity index (χ1n) is 10.9. The number of para-hydroxylation sites is 1. The van der Waals surface area contributed by atoms with Crippen LogP contribution in [0.15, 0.2) is 46.0 Å². The molecule has 2 fully saturated rings. The molecule has 1 amide bonds. The Morgan fingerprint density at radius 3 is 2.62 bits per heavy atom. The van der Waals surface area contributed by atoms with Crippen LogP contribution >= 0.6 is 22.7 Å². The predicted molar refractivity (Wildman–Crippen MR) is 127 cm³/mol. The maximum atomic E-state index is 13.2. The number of carbonyl (C=O) groups excluding carboxylic acids is 1. The van der Waals surface area contributed by atoms with E-state index in [2.05, 4.69) is 11.0 Å². The van der Waals surface area contributed by atoms with Crippen molar-refractivity contribution in [2.45, 2.75) is 23.6 Å². The summed E-state index contributed by atoms with van der Waals surface area (Å²) in [4.78, 5) is 22.2. The van der Waals surface area contributed by atoms with Crippen LogP contribution in [0.4, 0.5) is 0 Å². The van der Waals surface area contributed by atoms with Gasteiger partial charge in [-0.2, -0.15) is 4.31 Å². The number of piperidine rings is 1. The van der Waals surface area contributed by atoms with E-state index in [0.717, 1.165) is 43.0 Å². The fourth-order valence-electron chi connectivity index (χ4n) is 4.46. The maximum absolute atomic E-state index is 13.2. The number of benzene rings is 1. The Balaban J connectivity index is 1.17. The fraction of sp³-hybridized carbons (Fsp3) is 0.455. The normalized spacial score (nSPS) is 21.2. The zero-order chi connectivity index (χ0) is 22.1. The Kier molecular flexibility index (Phi) is 6.31. The fourth-order valence-corrected chi connectivity index (χ4v) is 8.14. The number of nitrogens with zero attached hydrogens (tertiary/aromatic N) is 4. The molecule has 10 heteroatoms. The van der Waals surface area contributed by atoms with E-state index in [9.17, 15) is 13.2 Å². The molecule has 3 aromatic rings. The summed E-state index contributed by atoms with van der Waals surface area (Å²) in [5.41, 5.74) is 1.04. The van der Waals surface area contributed by atoms with Crippen molar-refractivity contribution in [3.05, 3.63) is 46.8 Å². The number of thiophene rings is 1. The average Bonchev–Trinajstić information content (AvgIpc) is 3.49. The van der Waals surface area contributed by atoms with Gasteiger partial charge in [-0.1, -0.05) is 18.2 Å². The zero-order valence-corrected chi connectivity index (χ0v) is 20.2. The topological polar surface area (TPSA) is 73.8 Å². The lowest BCUT2D eigenvalue weighted by Gasteiger charge is -2.38. The first kappa shape index (κ1) is 22.0. The highest BCUT2D eigenvalue weighted by molar-refractivity contribution is 7.91. The Morgan fingerprint density at radius 2 is 1.88 bits per heavy atom. The van der Waals surface area contributed by atoms with Gasteiger partial charge in [-0.25, -0.2) is 13.4 Å². The summed E-state index contributed by atoms with van der Waals surface area (Å²) in [6.45, 7) is 4.55. The summed E-state index contributed by atoms with van der Waals surface area (Å²) in [7, 11) is -3.50. The average molecular weight is 491 g/mol. The third-order valence-corrected chi connectivity index (χ3v) is 10.5. The lowest BCUT2D eigenvalue weighted by Crippen LogP contribution is -2.52. The molecule has 2 saturated heterocycles. The molecule has 0 bridgehead atoms. The van der Waals surface area contributed by atoms with Gasteiger partial charge in [-0.05, 0) is 36.4 Å². The Morgan fingerprint density at radius 1 is 1.06 bits per heavy atom. The summed E-state index contributed by atoms with van der Waals surface area (Å²) in [5.74, 6) is -0.162. The van der Waals surface area contributed by atoms with E-state index in [4.69, 9.17) is 4.98 Å². The highest BCUT2D eigenvalue weighted by Crippen LogP contribution is 2.28. The van der Waals surface area contributed by atoms with Gasteiger partial charge in [0.1, 0.15) is 9.22 Å². The number of hydrogen-bond donors (Lipinski definition) is 0. The van der Waals surface area contributed by atoms with E-state index in [0.29, 0.717) is 23.8 Å². The van der Waals surface area contributed by atoms with Gasteiger partial charge >= 0.3 is 0 Å². The maximum Gasteiger partial charge on any atom is 0.252 e. The van der Waals surface area contributed by atoms with Crippen LogP contribution in [0.3, 0.4) is 0 Å². The second kappa shape index (κ2) is 9.18. The number of thiazole rings is 1. The van der Waals surface area contributed by atoms with E-state index in [1.165, 1.54) is 20.3 Å². The SMILES string of the molecule is O=C([C@H]1CCCN(S(=O)(=O)c2cccs2)C1)N1CCN(Cc2nc3ccccc3s2)CC1. The third-order valence-electron chi connectivity index (χ3n) is 6.20. The van der Waals surface area contributed by atoms with Crippen LogP contribution in [-0.2, 0) is 21.4 Å². The van der Waals surface area contributed by atoms with E-state index >= 15 is 0 Å². The first-order chi connectivity index (χ1) is 15.5. The highest BCUT2D eigenvalue weighted by Gasteiger charge is 2.36. The summed E-state index contributed by atoms with van der Waals surface area (Å²) in [6.07, 6.45) is 1.47. The minimum absolute atomic E-state index is 0.0933. The van der Waals surface area contributed by atoms with Crippen molar-refractivity contribution in [1.29, 1.82) is 0 Å². The quantitative estimate of drug-likeness (QED) is 0.550. The van der Waals surface area contributed by atoms with E-state index in [1.54, 1.807) is 28.8 Å². The van der Waals surface area contributed by atoms with Crippen molar-refractivity contribution in [2.24, 2.45) is 5.92 Å². The molecule has 2 aliphatic heterocycles. The number of aromatic nitrogens is 1. The number of rotatable bonds is 5. The van der Waals surface area contributed by atoms with E-state index in [1.807, 2.05) is 23.1 Å². The van der Waals surface area contributed by atoms with Gasteiger partial charge in [0.05, 0.1) is 22.7 Å². The molecule has 0 unspecified atom stereocenters. The van der Waals surface area contributed by atoms with Crippen LogP contribution < -0.4 is 0 Å². The Hall–Kier alpha value is -1.85. The molecule has 4 heterocycles. The number of fused-ring (bicyclic) bond motifs is 1. The van der Waals surface area contributed by atoms with Crippen molar-refractivity contribution < 1.29 is 13.2 Å². The van der Waals surface area contributed by atoms with Gasteiger partial charge in [-0.3, -0.25) is 9.69 Å². The molecule has 0 N–H and O–H groups in total. The predicted octanol–water partition coefficient (Wildman–Crippen LogP) is 3.10. The second-order valence-electron chi connectivity index (χ2n) is 8.31. The van der Waals surface area contributed by atoms with Gasteiger partial charge in [0.2, 0.25) is 5.91 Å². The molecule has 0 radical (unpaired) electrons. The first-order valence-corrected chi connectivity index (χ1v) is 14.0. The summed E-state index contributed by atoms with van der Waals surface area (Å²) in [5, 5.41) is 2.88. The lowest BCUT2D eigenvalue weighted by atomic mass is 9.98. The third kappa shape index (κ3) is 4.47. The van der Waals surface area contributed by atoms with Crippen molar-refractivity contribution >= 4 is 48.8 Å². The van der Waals surface area contributed by atoms with Crippen LogP contribution in [0.5, 0.6) is 0 Å². The molecule has 5 rings (SSSR count). The molecule has 0 saturated carbocycles. The standard InChI is InChI=1S/C22H26N4O3S3/c27-22(17-5-3-9-26(15-17)32(28,29)21-8-4-14-30-21)25-12-10-24(11-13-25)16-20-23-18-6-1-2-7-19(18)31-20/h1-2,4,6-8,14,17H,3,5,9-13,15-16H2/t17-/m0/s1. The largest absolute Gasteiger partial charge is 0.340 e. The van der Waals surface area contributed by atoms with Crippen molar-refractivity contribution in [3.8, 4) is 0 Å². The van der Waals surface area contributed by atoms with Gasteiger partial charge in [0.15, 0.2) is 0 Å². The van der Waals surface area contributed by atoms with Crippen molar-refractivity contribution in [1.82, 2.24) is 19.1 Å². The molecule has 32 heavy (non-hydrogen) atoms. The number of amides is 1. The molecule has 0 spiro atoms. The van der Waals surface area contributed by atoms with Crippen molar-refractivity contribution in [3.63, 3.8) is 0 Å². The number of hydrogen-bond acceptors (Lipinski definition) is 7. The molecule has 1 aromatic carbocycles. The smallest absolute Gasteiger partial charge is 0.252 e. The highest BCUT2D eigenvalue weighted by atomic mass is 32.2. The lowest BCUT2D eigenvalue weighted by molar-refractivity contribution is -0.138. The Labute approximate surface area is 196 Å². The minimum atomic E-state index is -3.50. The monoisotopic (exact) mass is 490 g/mol. The van der Waals surface area contributed by atoms with Crippen LogP contribution in [-0.4, -0.2) is 72.7 Å².